The zero-order valence-electron chi connectivity index (χ0n) is 73.3. The predicted molar refractivity (Wildman–Crippen MR) is 553 cm³/mol. The van der Waals surface area contributed by atoms with Crippen LogP contribution in [0, 0.1) is 0 Å². The van der Waals surface area contributed by atoms with Gasteiger partial charge in [-0.05, 0) is 245 Å². The van der Waals surface area contributed by atoms with Crippen molar-refractivity contribution in [2.24, 2.45) is 0 Å². The fourth-order valence-corrected chi connectivity index (χ4v) is 21.9. The van der Waals surface area contributed by atoms with Gasteiger partial charge in [0.1, 0.15) is 0 Å². The summed E-state index contributed by atoms with van der Waals surface area (Å²) in [5, 5.41) is 0. The van der Waals surface area contributed by atoms with Crippen molar-refractivity contribution in [3.8, 4) is 201 Å². The van der Waals surface area contributed by atoms with Crippen LogP contribution in [0.2, 0.25) is 0 Å². The van der Waals surface area contributed by atoms with Crippen LogP contribution in [0.3, 0.4) is 0 Å². The molecule has 0 aliphatic heterocycles. The fourth-order valence-electron chi connectivity index (χ4n) is 21.9. The first-order valence-corrected chi connectivity index (χ1v) is 46.1. The molecular weight excluding hydrogens is 1620 g/mol. The Morgan fingerprint density at radius 3 is 0.657 bits per heavy atom. The van der Waals surface area contributed by atoms with Crippen molar-refractivity contribution in [3.05, 3.63) is 554 Å². The summed E-state index contributed by atoms with van der Waals surface area (Å²) < 4.78 is 0. The molecule has 2 spiro atoms. The molecule has 20 aromatic carbocycles. The quantitative estimate of drug-likeness (QED) is 0.122. The highest BCUT2D eigenvalue weighted by atomic mass is 14.9. The maximum Gasteiger partial charge on any atom is 0.160 e. The summed E-state index contributed by atoms with van der Waals surface area (Å²) in [7, 11) is 0. The first kappa shape index (κ1) is 78.8. The monoisotopic (exact) mass is 1700 g/mol. The van der Waals surface area contributed by atoms with Gasteiger partial charge < -0.3 is 0 Å². The van der Waals surface area contributed by atoms with Crippen molar-refractivity contribution >= 4 is 0 Å². The summed E-state index contributed by atoms with van der Waals surface area (Å²) >= 11 is 0. The van der Waals surface area contributed by atoms with Crippen molar-refractivity contribution in [2.75, 3.05) is 0 Å². The summed E-state index contributed by atoms with van der Waals surface area (Å²) in [6, 6.07) is 185. The van der Waals surface area contributed by atoms with Gasteiger partial charge in [-0.15, -0.1) is 0 Å². The van der Waals surface area contributed by atoms with Gasteiger partial charge in [0.15, 0.2) is 11.6 Å². The minimum atomic E-state index is -0.565. The maximum absolute atomic E-state index is 5.56. The normalized spacial score (nSPS) is 12.6. The first-order valence-electron chi connectivity index (χ1n) is 46.1. The van der Waals surface area contributed by atoms with Crippen LogP contribution >= 0.6 is 0 Å². The van der Waals surface area contributed by atoms with E-state index >= 15 is 0 Å². The van der Waals surface area contributed by atoms with Crippen molar-refractivity contribution in [1.29, 1.82) is 0 Å². The van der Waals surface area contributed by atoms with E-state index < -0.39 is 10.8 Å². The third-order valence-corrected chi connectivity index (χ3v) is 27.8. The molecule has 26 rings (SSSR count). The van der Waals surface area contributed by atoms with Crippen LogP contribution in [0.5, 0.6) is 0 Å². The minimum Gasteiger partial charge on any atom is -0.228 e. The van der Waals surface area contributed by atoms with E-state index in [0.29, 0.717) is 11.6 Å². The molecule has 22 aromatic rings. The van der Waals surface area contributed by atoms with Crippen molar-refractivity contribution < 1.29 is 0 Å². The molecule has 4 aliphatic rings. The second kappa shape index (κ2) is 32.9. The molecule has 2 heterocycles. The Balaban J connectivity index is 0.000000143. The first-order chi connectivity index (χ1) is 66.4. The van der Waals surface area contributed by atoms with E-state index in [1.807, 2.05) is 0 Å². The molecular formula is C130H84N4. The third-order valence-electron chi connectivity index (χ3n) is 27.8. The van der Waals surface area contributed by atoms with Crippen molar-refractivity contribution in [1.82, 2.24) is 19.9 Å². The summed E-state index contributed by atoms with van der Waals surface area (Å²) in [5.74, 6) is 1.36. The molecule has 2 aromatic heterocycles. The summed E-state index contributed by atoms with van der Waals surface area (Å²) in [6.45, 7) is 0. The molecule has 0 bridgehead atoms. The third kappa shape index (κ3) is 13.3. The van der Waals surface area contributed by atoms with Gasteiger partial charge in [-0.1, -0.05) is 443 Å². The van der Waals surface area contributed by atoms with Gasteiger partial charge in [0.25, 0.3) is 0 Å². The molecule has 0 saturated carbocycles. The summed E-state index contributed by atoms with van der Waals surface area (Å²) in [4.78, 5) is 22.1. The molecule has 0 amide bonds. The zero-order chi connectivity index (χ0) is 88.6. The van der Waals surface area contributed by atoms with Gasteiger partial charge in [0.2, 0.25) is 0 Å². The molecule has 134 heavy (non-hydrogen) atoms. The largest absolute Gasteiger partial charge is 0.228 e. The highest BCUT2D eigenvalue weighted by Gasteiger charge is 2.52. The van der Waals surface area contributed by atoms with Crippen LogP contribution in [0.4, 0.5) is 0 Å². The van der Waals surface area contributed by atoms with Crippen LogP contribution in [0.1, 0.15) is 44.5 Å². The van der Waals surface area contributed by atoms with E-state index in [1.165, 1.54) is 111 Å². The molecule has 0 atom stereocenters. The number of fused-ring (bicyclic) bond motifs is 24. The van der Waals surface area contributed by atoms with E-state index in [4.69, 9.17) is 19.9 Å². The molecule has 0 radical (unpaired) electrons. The number of hydrogen-bond donors (Lipinski definition) is 0. The van der Waals surface area contributed by atoms with Crippen LogP contribution in [-0.4, -0.2) is 19.9 Å². The van der Waals surface area contributed by atoms with E-state index in [-0.39, 0.29) is 0 Å². The molecule has 4 aliphatic carbocycles. The summed E-state index contributed by atoms with van der Waals surface area (Å²) in [6.07, 6.45) is 0. The molecule has 0 saturated heterocycles. The Kier molecular flexibility index (Phi) is 19.4. The Morgan fingerprint density at radius 2 is 0.321 bits per heavy atom. The Hall–Kier alpha value is -17.4. The van der Waals surface area contributed by atoms with Crippen molar-refractivity contribution in [2.45, 2.75) is 10.8 Å². The Morgan fingerprint density at radius 1 is 0.104 bits per heavy atom. The lowest BCUT2D eigenvalue weighted by Gasteiger charge is -2.35. The second-order valence-corrected chi connectivity index (χ2v) is 35.2. The second-order valence-electron chi connectivity index (χ2n) is 35.2. The molecule has 4 heteroatoms. The average Bonchev–Trinajstić information content (AvgIpc) is 1.52. The van der Waals surface area contributed by atoms with Crippen LogP contribution < -0.4 is 0 Å². The predicted octanol–water partition coefficient (Wildman–Crippen LogP) is 33.0. The zero-order valence-corrected chi connectivity index (χ0v) is 73.3. The number of hydrogen-bond acceptors (Lipinski definition) is 4. The molecule has 0 N–H and O–H groups in total. The number of nitrogens with zero attached hydrogens (tertiary/aromatic N) is 4. The molecule has 624 valence electrons. The van der Waals surface area contributed by atoms with Gasteiger partial charge >= 0.3 is 0 Å². The van der Waals surface area contributed by atoms with Gasteiger partial charge in [-0.2, -0.15) is 0 Å². The van der Waals surface area contributed by atoms with Crippen LogP contribution in [0.15, 0.2) is 510 Å². The highest BCUT2D eigenvalue weighted by Crippen LogP contribution is 2.64. The van der Waals surface area contributed by atoms with E-state index in [2.05, 4.69) is 510 Å². The number of rotatable bonds is 12. The van der Waals surface area contributed by atoms with Gasteiger partial charge in [-0.25, -0.2) is 19.9 Å². The maximum atomic E-state index is 5.56. The fraction of sp³-hybridized carbons (Fsp3) is 0.0154. The van der Waals surface area contributed by atoms with Gasteiger partial charge in [0.05, 0.1) is 33.6 Å². The standard InChI is InChI=1S/2C65H42N2/c1-4-20-43(21-5-1)47-38-48(44-22-6-2-7-23-44)40-49(39-47)62-42-63(56-32-13-10-26-50(56)45-24-8-3-9-25-45)67-64(66-62)46-36-37-61-57(41-46)55-31-16-19-35-60(55)65(61)58-33-17-14-29-53(58)51-27-11-12-28-52(51)54-30-15-18-34-59(54)65;1-4-19-43(20-5-1)46-25-18-26-47(37-46)62-42-63(51-39-49(44-21-6-2-7-22-44)38-50(40-51)45-23-8-3-9-24-45)67-64(66-62)48-35-36-61-57(41-48)56-31-14-17-34-60(56)65(61)58-32-15-12-29-54(58)52-27-10-11-28-53(52)55-30-13-16-33-59(55)65/h2*1-42H. The van der Waals surface area contributed by atoms with Gasteiger partial charge in [0, 0.05) is 33.4 Å². The topological polar surface area (TPSA) is 51.6 Å². The molecule has 0 unspecified atom stereocenters. The van der Waals surface area contributed by atoms with Crippen LogP contribution in [0.25, 0.3) is 201 Å². The molecule has 0 fully saturated rings. The van der Waals surface area contributed by atoms with E-state index in [9.17, 15) is 0 Å². The number of benzene rings is 20. The Labute approximate surface area is 780 Å². The number of aromatic nitrogens is 4. The van der Waals surface area contributed by atoms with Gasteiger partial charge in [-0.3, -0.25) is 0 Å². The highest BCUT2D eigenvalue weighted by molar-refractivity contribution is 6.01. The lowest BCUT2D eigenvalue weighted by molar-refractivity contribution is 0.775. The van der Waals surface area contributed by atoms with Crippen LogP contribution in [-0.2, 0) is 10.8 Å². The average molecular weight is 1700 g/mol. The minimum absolute atomic E-state index is 0.561. The van der Waals surface area contributed by atoms with Crippen molar-refractivity contribution in [3.63, 3.8) is 0 Å². The summed E-state index contributed by atoms with van der Waals surface area (Å²) in [5.41, 5.74) is 47.3. The lowest BCUT2D eigenvalue weighted by atomic mass is 9.66. The Bertz CT molecular complexity index is 8100. The lowest BCUT2D eigenvalue weighted by Crippen LogP contribution is -2.29. The smallest absolute Gasteiger partial charge is 0.160 e. The van der Waals surface area contributed by atoms with E-state index in [0.717, 1.165) is 123 Å². The molecule has 4 nitrogen and oxygen atoms in total. The SMILES string of the molecule is c1ccc(-c2cc(-c3ccccc3)cc(-c3cc(-c4ccccc4-c4ccccc4)nc(-c4ccc5c(c4)-c4ccccc4C54c5ccccc5-c5ccccc5-c5ccccc54)n3)c2)cc1.c1ccc(-c2cccc(-c3cc(-c4cc(-c5ccccc5)cc(-c5ccccc5)c4)nc(-c4ccc5c(c4)-c4ccccc4C54c5ccccc5-c5ccccc5-c5ccccc54)n3)c2)cc1. The van der Waals surface area contributed by atoms with E-state index in [1.54, 1.807) is 0 Å².